The smallest absolute Gasteiger partial charge is 0.315 e. The topological polar surface area (TPSA) is 80.3 Å². The van der Waals surface area contributed by atoms with E-state index in [0.29, 0.717) is 29.1 Å². The van der Waals surface area contributed by atoms with E-state index in [2.05, 4.69) is 15.6 Å². The molecule has 2 amide bonds. The Hall–Kier alpha value is -2.06. The molecule has 2 rings (SSSR count). The van der Waals surface area contributed by atoms with Crippen LogP contribution in [-0.4, -0.2) is 29.7 Å². The highest BCUT2D eigenvalue weighted by atomic mass is 32.2. The summed E-state index contributed by atoms with van der Waals surface area (Å²) in [6, 6.07) is 7.02. The van der Waals surface area contributed by atoms with Crippen molar-refractivity contribution in [3.8, 4) is 5.75 Å². The van der Waals surface area contributed by atoms with Crippen LogP contribution in [0.4, 0.5) is 10.8 Å². The van der Waals surface area contributed by atoms with Gasteiger partial charge in [-0.2, -0.15) is 0 Å². The summed E-state index contributed by atoms with van der Waals surface area (Å²) in [5.41, 5.74) is 0.460. The van der Waals surface area contributed by atoms with Gasteiger partial charge in [-0.15, -0.1) is 11.8 Å². The molecule has 0 radical (unpaired) electrons. The number of amides is 2. The van der Waals surface area contributed by atoms with Crippen LogP contribution in [0.5, 0.6) is 5.75 Å². The van der Waals surface area contributed by atoms with Crippen LogP contribution in [0, 0.1) is 5.92 Å². The highest BCUT2D eigenvalue weighted by molar-refractivity contribution is 8.00. The molecule has 0 unspecified atom stereocenters. The third-order valence-electron chi connectivity index (χ3n) is 2.82. The van der Waals surface area contributed by atoms with E-state index in [1.165, 1.54) is 23.1 Å². The summed E-state index contributed by atoms with van der Waals surface area (Å²) in [5.74, 6) is -0.647. The minimum absolute atomic E-state index is 0.354. The minimum Gasteiger partial charge on any atom is -0.491 e. The molecular formula is C16H19N3O3S2. The fourth-order valence-corrected chi connectivity index (χ4v) is 2.97. The summed E-state index contributed by atoms with van der Waals surface area (Å²) in [5, 5.41) is 5.45. The van der Waals surface area contributed by atoms with Gasteiger partial charge >= 0.3 is 11.8 Å². The molecule has 8 heteroatoms. The van der Waals surface area contributed by atoms with E-state index in [-0.39, 0.29) is 0 Å². The Bertz CT molecular complexity index is 716. The van der Waals surface area contributed by atoms with Gasteiger partial charge in [-0.3, -0.25) is 14.9 Å². The number of ether oxygens (including phenoxy) is 1. The number of benzene rings is 1. The molecule has 0 aliphatic carbocycles. The van der Waals surface area contributed by atoms with Crippen molar-refractivity contribution >= 4 is 45.7 Å². The Morgan fingerprint density at radius 1 is 1.25 bits per heavy atom. The van der Waals surface area contributed by atoms with E-state index in [9.17, 15) is 9.59 Å². The first-order valence-electron chi connectivity index (χ1n) is 7.33. The van der Waals surface area contributed by atoms with Gasteiger partial charge in [0.25, 0.3) is 0 Å². The molecule has 0 fully saturated rings. The van der Waals surface area contributed by atoms with Gasteiger partial charge in [0.15, 0.2) is 5.13 Å². The predicted octanol–water partition coefficient (Wildman–Crippen LogP) is 3.48. The summed E-state index contributed by atoms with van der Waals surface area (Å²) in [6.45, 7) is 4.59. The zero-order valence-electron chi connectivity index (χ0n) is 13.7. The number of carbonyl (C=O) groups is 2. The molecule has 6 nitrogen and oxygen atoms in total. The predicted molar refractivity (Wildman–Crippen MR) is 97.9 cm³/mol. The lowest BCUT2D eigenvalue weighted by Crippen LogP contribution is -2.29. The number of rotatable bonds is 6. The van der Waals surface area contributed by atoms with Crippen LogP contribution in [0.1, 0.15) is 13.8 Å². The molecule has 2 aromatic rings. The number of nitrogens with one attached hydrogen (secondary N) is 2. The van der Waals surface area contributed by atoms with Gasteiger partial charge in [0.05, 0.1) is 22.7 Å². The van der Waals surface area contributed by atoms with Crippen molar-refractivity contribution in [3.63, 3.8) is 0 Å². The Balaban J connectivity index is 1.99. The number of nitrogens with zero attached hydrogens (tertiary/aromatic N) is 1. The first kappa shape index (κ1) is 18.3. The molecule has 1 aromatic heterocycles. The number of aromatic nitrogens is 1. The second kappa shape index (κ2) is 8.70. The van der Waals surface area contributed by atoms with Crippen LogP contribution in [0.25, 0.3) is 0 Å². The highest BCUT2D eigenvalue weighted by Crippen LogP contribution is 2.26. The van der Waals surface area contributed by atoms with Crippen LogP contribution >= 0.6 is 23.1 Å². The van der Waals surface area contributed by atoms with Crippen molar-refractivity contribution in [3.05, 3.63) is 30.5 Å². The molecule has 0 aliphatic rings. The second-order valence-corrected chi connectivity index (χ2v) is 7.43. The maximum Gasteiger partial charge on any atom is 0.315 e. The van der Waals surface area contributed by atoms with Gasteiger partial charge in [-0.1, -0.05) is 37.3 Å². The molecular weight excluding hydrogens is 346 g/mol. The molecule has 0 saturated heterocycles. The van der Waals surface area contributed by atoms with Gasteiger partial charge in [0.1, 0.15) is 5.75 Å². The van der Waals surface area contributed by atoms with Crippen LogP contribution in [0.15, 0.2) is 34.7 Å². The fourth-order valence-electron chi connectivity index (χ4n) is 1.70. The summed E-state index contributed by atoms with van der Waals surface area (Å²) in [4.78, 5) is 28.1. The lowest BCUT2D eigenvalue weighted by molar-refractivity contribution is -0.133. The Labute approximate surface area is 149 Å². The Morgan fingerprint density at radius 3 is 2.62 bits per heavy atom. The monoisotopic (exact) mass is 365 g/mol. The molecule has 24 heavy (non-hydrogen) atoms. The summed E-state index contributed by atoms with van der Waals surface area (Å²) >= 11 is 2.84. The van der Waals surface area contributed by atoms with Crippen molar-refractivity contribution in [2.45, 2.75) is 18.1 Å². The number of anilines is 2. The van der Waals surface area contributed by atoms with E-state index in [4.69, 9.17) is 4.74 Å². The molecule has 2 N–H and O–H groups in total. The first-order chi connectivity index (χ1) is 11.5. The number of hydrogen-bond acceptors (Lipinski definition) is 6. The van der Waals surface area contributed by atoms with Crippen molar-refractivity contribution in [1.82, 2.24) is 4.98 Å². The third-order valence-corrected chi connectivity index (χ3v) is 4.78. The average Bonchev–Trinajstić information content (AvgIpc) is 3.01. The van der Waals surface area contributed by atoms with Gasteiger partial charge in [-0.25, -0.2) is 4.98 Å². The maximum atomic E-state index is 12.1. The van der Waals surface area contributed by atoms with Gasteiger partial charge in [-0.05, 0) is 24.3 Å². The second-order valence-electron chi connectivity index (χ2n) is 5.30. The molecule has 0 aliphatic heterocycles. The van der Waals surface area contributed by atoms with Crippen LogP contribution in [-0.2, 0) is 9.59 Å². The molecule has 128 valence electrons. The molecule has 0 saturated carbocycles. The van der Waals surface area contributed by atoms with E-state index in [1.54, 1.807) is 24.4 Å². The van der Waals surface area contributed by atoms with Gasteiger partial charge in [0, 0.05) is 0 Å². The maximum absolute atomic E-state index is 12.1. The Morgan fingerprint density at radius 2 is 1.96 bits per heavy atom. The van der Waals surface area contributed by atoms with Crippen LogP contribution in [0.2, 0.25) is 0 Å². The third kappa shape index (κ3) is 5.24. The standard InChI is InChI=1S/C16H19N3O3S2/c1-10(2)9-22-12-7-5-4-6-11(12)18-14(20)15(21)19-16-17-8-13(23-3)24-16/h4-8,10H,9H2,1-3H3,(H,18,20)(H,17,19,21). The number of thioether (sulfide) groups is 1. The van der Waals surface area contributed by atoms with Crippen molar-refractivity contribution < 1.29 is 14.3 Å². The quantitative estimate of drug-likeness (QED) is 0.605. The molecule has 0 spiro atoms. The lowest BCUT2D eigenvalue weighted by atomic mass is 10.2. The van der Waals surface area contributed by atoms with Crippen LogP contribution < -0.4 is 15.4 Å². The van der Waals surface area contributed by atoms with E-state index in [0.717, 1.165) is 4.21 Å². The van der Waals surface area contributed by atoms with Gasteiger partial charge in [0.2, 0.25) is 0 Å². The lowest BCUT2D eigenvalue weighted by Gasteiger charge is -2.13. The average molecular weight is 365 g/mol. The summed E-state index contributed by atoms with van der Waals surface area (Å²) in [6.07, 6.45) is 3.57. The molecule has 1 aromatic carbocycles. The van der Waals surface area contributed by atoms with E-state index >= 15 is 0 Å². The highest BCUT2D eigenvalue weighted by Gasteiger charge is 2.17. The molecule has 1 heterocycles. The largest absolute Gasteiger partial charge is 0.491 e. The molecule has 0 bridgehead atoms. The fraction of sp³-hybridized carbons (Fsp3) is 0.312. The SMILES string of the molecule is CSc1cnc(NC(=O)C(=O)Nc2ccccc2OCC(C)C)s1. The zero-order valence-corrected chi connectivity index (χ0v) is 15.3. The van der Waals surface area contributed by atoms with E-state index in [1.807, 2.05) is 26.2 Å². The normalized spacial score (nSPS) is 10.5. The minimum atomic E-state index is -0.768. The number of thiazole rings is 1. The van der Waals surface area contributed by atoms with Crippen molar-refractivity contribution in [1.29, 1.82) is 0 Å². The van der Waals surface area contributed by atoms with E-state index < -0.39 is 11.8 Å². The first-order valence-corrected chi connectivity index (χ1v) is 9.37. The van der Waals surface area contributed by atoms with Crippen molar-refractivity contribution in [2.75, 3.05) is 23.5 Å². The summed E-state index contributed by atoms with van der Waals surface area (Å²) < 4.78 is 6.61. The van der Waals surface area contributed by atoms with Crippen molar-refractivity contribution in [2.24, 2.45) is 5.92 Å². The number of carbonyl (C=O) groups excluding carboxylic acids is 2. The number of para-hydroxylation sites is 2. The summed E-state index contributed by atoms with van der Waals surface area (Å²) in [7, 11) is 0. The number of hydrogen-bond donors (Lipinski definition) is 2. The zero-order chi connectivity index (χ0) is 17.5. The van der Waals surface area contributed by atoms with Crippen LogP contribution in [0.3, 0.4) is 0 Å². The van der Waals surface area contributed by atoms with Gasteiger partial charge < -0.3 is 10.1 Å². The molecule has 0 atom stereocenters. The Kier molecular flexibility index (Phi) is 6.62.